The number of rotatable bonds is 3. The molecule has 2 aromatic rings. The van der Waals surface area contributed by atoms with Crippen LogP contribution in [0.25, 0.3) is 0 Å². The van der Waals surface area contributed by atoms with E-state index in [9.17, 15) is 4.79 Å². The molecule has 1 atom stereocenters. The second-order valence-corrected chi connectivity index (χ2v) is 5.38. The minimum absolute atomic E-state index is 0.00338. The highest BCUT2D eigenvalue weighted by atomic mass is 16.1. The fourth-order valence-electron chi connectivity index (χ4n) is 2.63. The molecular weight excluding hydrogens is 246 g/mol. The van der Waals surface area contributed by atoms with E-state index in [4.69, 9.17) is 0 Å². The molecule has 0 heterocycles. The average molecular weight is 267 g/mol. The van der Waals surface area contributed by atoms with Gasteiger partial charge in [0, 0.05) is 5.56 Å². The Balaban J connectivity index is 2.21. The number of hydrogen-bond acceptors (Lipinski definition) is 1. The van der Waals surface area contributed by atoms with E-state index in [1.54, 1.807) is 0 Å². The summed E-state index contributed by atoms with van der Waals surface area (Å²) in [5.41, 5.74) is 5.15. The summed E-state index contributed by atoms with van der Waals surface area (Å²) in [7, 11) is 0. The van der Waals surface area contributed by atoms with E-state index in [1.165, 1.54) is 5.56 Å². The van der Waals surface area contributed by atoms with Gasteiger partial charge in [0.1, 0.15) is 0 Å². The summed E-state index contributed by atoms with van der Waals surface area (Å²) in [4.78, 5) is 12.5. The molecule has 0 aliphatic carbocycles. The molecule has 0 radical (unpaired) electrons. The number of amides is 1. The highest BCUT2D eigenvalue weighted by molar-refractivity contribution is 5.97. The third kappa shape index (κ3) is 3.08. The topological polar surface area (TPSA) is 29.1 Å². The minimum Gasteiger partial charge on any atom is -0.346 e. The van der Waals surface area contributed by atoms with Crippen molar-refractivity contribution in [3.05, 3.63) is 70.3 Å². The van der Waals surface area contributed by atoms with Crippen LogP contribution in [0.3, 0.4) is 0 Å². The predicted octanol–water partition coefficient (Wildman–Crippen LogP) is 4.10. The van der Waals surface area contributed by atoms with Crippen LogP contribution in [0.1, 0.15) is 45.6 Å². The van der Waals surface area contributed by atoms with Crippen LogP contribution in [-0.2, 0) is 0 Å². The Labute approximate surface area is 120 Å². The number of benzene rings is 2. The molecule has 0 aliphatic rings. The van der Waals surface area contributed by atoms with Crippen molar-refractivity contribution in [2.75, 3.05) is 0 Å². The highest BCUT2D eigenvalue weighted by Crippen LogP contribution is 2.18. The molecule has 0 aliphatic heterocycles. The van der Waals surface area contributed by atoms with Crippen molar-refractivity contribution in [1.29, 1.82) is 0 Å². The lowest BCUT2D eigenvalue weighted by atomic mass is 9.98. The summed E-state index contributed by atoms with van der Waals surface area (Å²) in [5.74, 6) is -0.00338. The number of aryl methyl sites for hydroxylation is 3. The average Bonchev–Trinajstić information content (AvgIpc) is 2.38. The third-order valence-electron chi connectivity index (χ3n) is 3.55. The normalized spacial score (nSPS) is 12.0. The van der Waals surface area contributed by atoms with Gasteiger partial charge in [-0.25, -0.2) is 0 Å². The second-order valence-electron chi connectivity index (χ2n) is 5.38. The largest absolute Gasteiger partial charge is 0.346 e. The van der Waals surface area contributed by atoms with E-state index in [2.05, 4.69) is 17.4 Å². The van der Waals surface area contributed by atoms with Crippen LogP contribution in [0.2, 0.25) is 0 Å². The van der Waals surface area contributed by atoms with Gasteiger partial charge in [0.05, 0.1) is 6.04 Å². The monoisotopic (exact) mass is 267 g/mol. The molecule has 2 nitrogen and oxygen atoms in total. The molecule has 2 heteroatoms. The summed E-state index contributed by atoms with van der Waals surface area (Å²) in [6, 6.07) is 14.1. The summed E-state index contributed by atoms with van der Waals surface area (Å²) in [6.07, 6.45) is 0. The standard InChI is InChI=1S/C18H21NO/c1-12-10-13(2)17(14(3)11-12)18(20)19-15(4)16-8-6-5-7-9-16/h5-11,15H,1-4H3,(H,19,20)/t15-/m0/s1. The maximum absolute atomic E-state index is 12.5. The molecule has 0 unspecified atom stereocenters. The van der Waals surface area contributed by atoms with Crippen LogP contribution in [0, 0.1) is 20.8 Å². The summed E-state index contributed by atoms with van der Waals surface area (Å²) < 4.78 is 0. The molecule has 0 saturated carbocycles. The molecule has 0 saturated heterocycles. The van der Waals surface area contributed by atoms with Gasteiger partial charge in [-0.3, -0.25) is 4.79 Å². The zero-order valence-electron chi connectivity index (χ0n) is 12.5. The van der Waals surface area contributed by atoms with Crippen molar-refractivity contribution in [3.63, 3.8) is 0 Å². The van der Waals surface area contributed by atoms with Crippen molar-refractivity contribution in [3.8, 4) is 0 Å². The number of carbonyl (C=O) groups is 1. The summed E-state index contributed by atoms with van der Waals surface area (Å²) in [6.45, 7) is 8.03. The molecule has 1 N–H and O–H groups in total. The molecule has 104 valence electrons. The van der Waals surface area contributed by atoms with E-state index >= 15 is 0 Å². The van der Waals surface area contributed by atoms with E-state index in [-0.39, 0.29) is 11.9 Å². The van der Waals surface area contributed by atoms with Crippen LogP contribution in [0.15, 0.2) is 42.5 Å². The van der Waals surface area contributed by atoms with Crippen LogP contribution < -0.4 is 5.32 Å². The van der Waals surface area contributed by atoms with Gasteiger partial charge in [-0.2, -0.15) is 0 Å². The zero-order valence-corrected chi connectivity index (χ0v) is 12.5. The lowest BCUT2D eigenvalue weighted by Gasteiger charge is -2.17. The van der Waals surface area contributed by atoms with Gasteiger partial charge < -0.3 is 5.32 Å². The Morgan fingerprint density at radius 2 is 1.55 bits per heavy atom. The van der Waals surface area contributed by atoms with E-state index < -0.39 is 0 Å². The van der Waals surface area contributed by atoms with Gasteiger partial charge in [0.2, 0.25) is 0 Å². The first kappa shape index (κ1) is 14.3. The Bertz CT molecular complexity index is 594. The fraction of sp³-hybridized carbons (Fsp3) is 0.278. The SMILES string of the molecule is Cc1cc(C)c(C(=O)N[C@@H](C)c2ccccc2)c(C)c1. The third-order valence-corrected chi connectivity index (χ3v) is 3.55. The maximum Gasteiger partial charge on any atom is 0.252 e. The lowest BCUT2D eigenvalue weighted by Crippen LogP contribution is -2.28. The molecular formula is C18H21NO. The van der Waals surface area contributed by atoms with Gasteiger partial charge in [-0.05, 0) is 44.4 Å². The Morgan fingerprint density at radius 1 is 1.00 bits per heavy atom. The molecule has 0 aromatic heterocycles. The van der Waals surface area contributed by atoms with Gasteiger partial charge in [0.25, 0.3) is 5.91 Å². The molecule has 0 spiro atoms. The molecule has 0 fully saturated rings. The van der Waals surface area contributed by atoms with Crippen molar-refractivity contribution in [2.24, 2.45) is 0 Å². The summed E-state index contributed by atoms with van der Waals surface area (Å²) >= 11 is 0. The smallest absolute Gasteiger partial charge is 0.252 e. The highest BCUT2D eigenvalue weighted by Gasteiger charge is 2.15. The Morgan fingerprint density at radius 3 is 2.10 bits per heavy atom. The van der Waals surface area contributed by atoms with Gasteiger partial charge in [-0.15, -0.1) is 0 Å². The van der Waals surface area contributed by atoms with Crippen molar-refractivity contribution >= 4 is 5.91 Å². The molecule has 20 heavy (non-hydrogen) atoms. The first-order chi connectivity index (χ1) is 9.49. The first-order valence-electron chi connectivity index (χ1n) is 6.92. The van der Waals surface area contributed by atoms with Crippen molar-refractivity contribution < 1.29 is 4.79 Å². The molecule has 0 bridgehead atoms. The maximum atomic E-state index is 12.5. The zero-order chi connectivity index (χ0) is 14.7. The molecule has 2 rings (SSSR count). The van der Waals surface area contributed by atoms with E-state index in [0.29, 0.717) is 0 Å². The van der Waals surface area contributed by atoms with E-state index in [0.717, 1.165) is 22.3 Å². The minimum atomic E-state index is -0.00338. The van der Waals surface area contributed by atoms with Crippen LogP contribution >= 0.6 is 0 Å². The molecule has 2 aromatic carbocycles. The van der Waals surface area contributed by atoms with Crippen LogP contribution in [0.5, 0.6) is 0 Å². The van der Waals surface area contributed by atoms with Gasteiger partial charge in [-0.1, -0.05) is 48.0 Å². The number of hydrogen-bond donors (Lipinski definition) is 1. The summed E-state index contributed by atoms with van der Waals surface area (Å²) in [5, 5.41) is 3.07. The predicted molar refractivity (Wildman–Crippen MR) is 83.0 cm³/mol. The Hall–Kier alpha value is -2.09. The van der Waals surface area contributed by atoms with Crippen LogP contribution in [-0.4, -0.2) is 5.91 Å². The van der Waals surface area contributed by atoms with Gasteiger partial charge in [0.15, 0.2) is 0 Å². The van der Waals surface area contributed by atoms with Crippen molar-refractivity contribution in [2.45, 2.75) is 33.7 Å². The quantitative estimate of drug-likeness (QED) is 0.891. The Kier molecular flexibility index (Phi) is 4.23. The second kappa shape index (κ2) is 5.91. The van der Waals surface area contributed by atoms with Gasteiger partial charge >= 0.3 is 0 Å². The first-order valence-corrected chi connectivity index (χ1v) is 6.92. The lowest BCUT2D eigenvalue weighted by molar-refractivity contribution is 0.0938. The van der Waals surface area contributed by atoms with E-state index in [1.807, 2.05) is 58.0 Å². The molecule has 1 amide bonds. The fourth-order valence-corrected chi connectivity index (χ4v) is 2.63. The van der Waals surface area contributed by atoms with Crippen molar-refractivity contribution in [1.82, 2.24) is 5.32 Å². The number of carbonyl (C=O) groups excluding carboxylic acids is 1. The number of nitrogens with one attached hydrogen (secondary N) is 1. The van der Waals surface area contributed by atoms with Crippen LogP contribution in [0.4, 0.5) is 0 Å².